The summed E-state index contributed by atoms with van der Waals surface area (Å²) >= 11 is 0. The van der Waals surface area contributed by atoms with E-state index < -0.39 is 11.6 Å². The van der Waals surface area contributed by atoms with Crippen LogP contribution in [0.2, 0.25) is 0 Å². The number of carbonyl (C=O) groups is 1. The molecule has 82 valence electrons. The van der Waals surface area contributed by atoms with Gasteiger partial charge in [-0.1, -0.05) is 6.92 Å². The van der Waals surface area contributed by atoms with E-state index in [1.807, 2.05) is 6.92 Å². The molecule has 2 nitrogen and oxygen atoms in total. The van der Waals surface area contributed by atoms with Gasteiger partial charge in [-0.3, -0.25) is 4.79 Å². The molecule has 0 heterocycles. The molecule has 0 aromatic heterocycles. The highest BCUT2D eigenvalue weighted by atomic mass is 19.1. The van der Waals surface area contributed by atoms with E-state index in [2.05, 4.69) is 5.32 Å². The van der Waals surface area contributed by atoms with Crippen LogP contribution in [0.25, 0.3) is 0 Å². The third-order valence-corrected chi connectivity index (χ3v) is 1.94. The van der Waals surface area contributed by atoms with Gasteiger partial charge in [0.05, 0.1) is 12.1 Å². The number of carbonyl (C=O) groups excluding carboxylic acids is 1. The zero-order valence-electron chi connectivity index (χ0n) is 8.52. The molecular weight excluding hydrogens is 200 g/mol. The number of ketones is 1. The van der Waals surface area contributed by atoms with Gasteiger partial charge in [-0.05, 0) is 25.1 Å². The Morgan fingerprint density at radius 3 is 2.73 bits per heavy atom. The summed E-state index contributed by atoms with van der Waals surface area (Å²) in [5.41, 5.74) is -0.0694. The summed E-state index contributed by atoms with van der Waals surface area (Å²) < 4.78 is 25.7. The fraction of sp³-hybridized carbons (Fsp3) is 0.364. The second-order valence-electron chi connectivity index (χ2n) is 3.22. The molecule has 0 aliphatic rings. The van der Waals surface area contributed by atoms with Crippen molar-refractivity contribution < 1.29 is 13.6 Å². The molecule has 0 aliphatic carbocycles. The summed E-state index contributed by atoms with van der Waals surface area (Å²) in [6, 6.07) is 2.96. The number of benzene rings is 1. The van der Waals surface area contributed by atoms with Gasteiger partial charge in [0.2, 0.25) is 0 Å². The fourth-order valence-corrected chi connectivity index (χ4v) is 1.19. The van der Waals surface area contributed by atoms with Gasteiger partial charge in [0.25, 0.3) is 0 Å². The van der Waals surface area contributed by atoms with E-state index in [-0.39, 0.29) is 17.9 Å². The maximum atomic E-state index is 13.1. The van der Waals surface area contributed by atoms with Gasteiger partial charge in [-0.2, -0.15) is 0 Å². The molecule has 0 saturated heterocycles. The Kier molecular flexibility index (Phi) is 4.37. The van der Waals surface area contributed by atoms with Crippen molar-refractivity contribution in [3.05, 3.63) is 35.4 Å². The molecule has 0 amide bonds. The van der Waals surface area contributed by atoms with Crippen molar-refractivity contribution in [1.29, 1.82) is 0 Å². The molecule has 0 atom stereocenters. The van der Waals surface area contributed by atoms with Crippen molar-refractivity contribution in [2.45, 2.75) is 13.3 Å². The highest BCUT2D eigenvalue weighted by Gasteiger charge is 2.11. The Morgan fingerprint density at radius 1 is 1.40 bits per heavy atom. The molecular formula is C11H13F2NO. The van der Waals surface area contributed by atoms with E-state index in [4.69, 9.17) is 0 Å². The molecule has 4 heteroatoms. The number of hydrogen-bond acceptors (Lipinski definition) is 2. The second kappa shape index (κ2) is 5.56. The topological polar surface area (TPSA) is 29.1 Å². The van der Waals surface area contributed by atoms with Crippen molar-refractivity contribution in [2.75, 3.05) is 13.1 Å². The Labute approximate surface area is 87.3 Å². The van der Waals surface area contributed by atoms with E-state index in [1.54, 1.807) is 0 Å². The lowest BCUT2D eigenvalue weighted by Gasteiger charge is -2.03. The van der Waals surface area contributed by atoms with Crippen molar-refractivity contribution in [3.8, 4) is 0 Å². The lowest BCUT2D eigenvalue weighted by atomic mass is 10.1. The summed E-state index contributed by atoms with van der Waals surface area (Å²) in [4.78, 5) is 11.4. The SMILES string of the molecule is CCCNCC(=O)c1ccc(F)cc1F. The van der Waals surface area contributed by atoms with Gasteiger partial charge in [0, 0.05) is 6.07 Å². The van der Waals surface area contributed by atoms with E-state index in [1.165, 1.54) is 6.07 Å². The largest absolute Gasteiger partial charge is 0.310 e. The lowest BCUT2D eigenvalue weighted by molar-refractivity contribution is 0.0987. The minimum Gasteiger partial charge on any atom is -0.310 e. The van der Waals surface area contributed by atoms with Crippen LogP contribution in [0.3, 0.4) is 0 Å². The Morgan fingerprint density at radius 2 is 2.13 bits per heavy atom. The van der Waals surface area contributed by atoms with E-state index in [0.717, 1.165) is 12.5 Å². The molecule has 0 aliphatic heterocycles. The van der Waals surface area contributed by atoms with Crippen LogP contribution in [0.5, 0.6) is 0 Å². The Balaban J connectivity index is 2.65. The zero-order valence-corrected chi connectivity index (χ0v) is 8.52. The first-order chi connectivity index (χ1) is 7.15. The fourth-order valence-electron chi connectivity index (χ4n) is 1.19. The van der Waals surface area contributed by atoms with Crippen molar-refractivity contribution in [1.82, 2.24) is 5.32 Å². The number of rotatable bonds is 5. The van der Waals surface area contributed by atoms with Crippen molar-refractivity contribution in [3.63, 3.8) is 0 Å². The molecule has 0 fully saturated rings. The van der Waals surface area contributed by atoms with E-state index in [0.29, 0.717) is 12.6 Å². The van der Waals surface area contributed by atoms with Crippen LogP contribution in [0.15, 0.2) is 18.2 Å². The summed E-state index contributed by atoms with van der Waals surface area (Å²) in [5.74, 6) is -1.84. The van der Waals surface area contributed by atoms with Gasteiger partial charge in [-0.15, -0.1) is 0 Å². The van der Waals surface area contributed by atoms with Crippen LogP contribution in [-0.2, 0) is 0 Å². The highest BCUT2D eigenvalue weighted by molar-refractivity contribution is 5.97. The molecule has 1 aromatic carbocycles. The highest BCUT2D eigenvalue weighted by Crippen LogP contribution is 2.09. The van der Waals surface area contributed by atoms with Crippen LogP contribution in [-0.4, -0.2) is 18.9 Å². The molecule has 15 heavy (non-hydrogen) atoms. The number of nitrogens with one attached hydrogen (secondary N) is 1. The number of halogens is 2. The zero-order chi connectivity index (χ0) is 11.3. The van der Waals surface area contributed by atoms with Gasteiger partial charge in [-0.25, -0.2) is 8.78 Å². The van der Waals surface area contributed by atoms with Gasteiger partial charge in [0.15, 0.2) is 5.78 Å². The standard InChI is InChI=1S/C11H13F2NO/c1-2-5-14-7-11(15)9-4-3-8(12)6-10(9)13/h3-4,6,14H,2,5,7H2,1H3. The summed E-state index contributed by atoms with van der Waals surface area (Å²) in [6.07, 6.45) is 0.902. The van der Waals surface area contributed by atoms with E-state index >= 15 is 0 Å². The molecule has 0 spiro atoms. The minimum absolute atomic E-state index is 0.0694. The van der Waals surface area contributed by atoms with Gasteiger partial charge < -0.3 is 5.32 Å². The molecule has 0 bridgehead atoms. The molecule has 0 unspecified atom stereocenters. The van der Waals surface area contributed by atoms with Crippen molar-refractivity contribution >= 4 is 5.78 Å². The predicted molar refractivity (Wildman–Crippen MR) is 53.8 cm³/mol. The average molecular weight is 213 g/mol. The van der Waals surface area contributed by atoms with Crippen LogP contribution < -0.4 is 5.32 Å². The molecule has 1 rings (SSSR count). The molecule has 0 radical (unpaired) electrons. The average Bonchev–Trinajstić information content (AvgIpc) is 2.17. The van der Waals surface area contributed by atoms with Crippen LogP contribution in [0.1, 0.15) is 23.7 Å². The number of hydrogen-bond donors (Lipinski definition) is 1. The summed E-state index contributed by atoms with van der Waals surface area (Å²) in [6.45, 7) is 2.75. The first kappa shape index (κ1) is 11.8. The maximum Gasteiger partial charge on any atom is 0.179 e. The summed E-state index contributed by atoms with van der Waals surface area (Å²) in [5, 5.41) is 2.87. The van der Waals surface area contributed by atoms with Crippen LogP contribution in [0, 0.1) is 11.6 Å². The Hall–Kier alpha value is -1.29. The summed E-state index contributed by atoms with van der Waals surface area (Å²) in [7, 11) is 0. The smallest absolute Gasteiger partial charge is 0.179 e. The predicted octanol–water partition coefficient (Wildman–Crippen LogP) is 2.15. The second-order valence-corrected chi connectivity index (χ2v) is 3.22. The first-order valence-electron chi connectivity index (χ1n) is 4.84. The van der Waals surface area contributed by atoms with E-state index in [9.17, 15) is 13.6 Å². The quantitative estimate of drug-likeness (QED) is 0.599. The monoisotopic (exact) mass is 213 g/mol. The van der Waals surface area contributed by atoms with Crippen LogP contribution in [0.4, 0.5) is 8.78 Å². The third kappa shape index (κ3) is 3.40. The Bertz CT molecular complexity index is 352. The molecule has 1 N–H and O–H groups in total. The van der Waals surface area contributed by atoms with Crippen LogP contribution >= 0.6 is 0 Å². The molecule has 0 saturated carbocycles. The minimum atomic E-state index is -0.807. The maximum absolute atomic E-state index is 13.1. The number of Topliss-reactive ketones (excluding diaryl/α,β-unsaturated/α-hetero) is 1. The molecule has 1 aromatic rings. The third-order valence-electron chi connectivity index (χ3n) is 1.94. The van der Waals surface area contributed by atoms with Gasteiger partial charge in [0.1, 0.15) is 11.6 Å². The van der Waals surface area contributed by atoms with Crippen molar-refractivity contribution in [2.24, 2.45) is 0 Å². The first-order valence-corrected chi connectivity index (χ1v) is 4.84. The van der Waals surface area contributed by atoms with Gasteiger partial charge >= 0.3 is 0 Å². The lowest BCUT2D eigenvalue weighted by Crippen LogP contribution is -2.24. The normalized spacial score (nSPS) is 10.3.